The Labute approximate surface area is 141 Å². The highest BCUT2D eigenvalue weighted by Gasteiger charge is 2.35. The average molecular weight is 334 g/mol. The molecule has 1 rings (SSSR count). The van der Waals surface area contributed by atoms with E-state index in [0.717, 1.165) is 25.7 Å². The maximum absolute atomic E-state index is 12.5. The smallest absolute Gasteiger partial charge is 0.245 e. The number of halogens is 1. The first-order valence-electron chi connectivity index (χ1n) is 8.18. The second-order valence-electron chi connectivity index (χ2n) is 6.45. The fraction of sp³-hybridized carbons (Fsp3) is 0.875. The molecule has 6 heteroatoms. The predicted octanol–water partition coefficient (Wildman–Crippen LogP) is 2.03. The summed E-state index contributed by atoms with van der Waals surface area (Å²) in [6.45, 7) is 7.55. The number of likely N-dealkylation sites (N-methyl/N-ethyl adjacent to an activating group) is 1. The molecule has 0 radical (unpaired) electrons. The molecular formula is C16H32ClN3O2. The van der Waals surface area contributed by atoms with Crippen molar-refractivity contribution in [3.63, 3.8) is 0 Å². The summed E-state index contributed by atoms with van der Waals surface area (Å²) < 4.78 is 0. The van der Waals surface area contributed by atoms with E-state index in [1.54, 1.807) is 9.80 Å². The first kappa shape index (κ1) is 21.2. The third kappa shape index (κ3) is 5.76. The van der Waals surface area contributed by atoms with Gasteiger partial charge in [-0.2, -0.15) is 0 Å². The van der Waals surface area contributed by atoms with Crippen LogP contribution in [-0.2, 0) is 9.59 Å². The number of nitrogens with two attached hydrogens (primary N) is 1. The highest BCUT2D eigenvalue weighted by atomic mass is 35.5. The number of likely N-dealkylation sites (tertiary alicyclic amines) is 1. The molecule has 0 saturated carbocycles. The standard InChI is InChI=1S/C16H31N3O2.ClH/c1-5-7-15(20)19-10-6-8-14(19)16(21)18(4)11-9-13(17)12(2)3;/h12-14H,5-11,17H2,1-4H3;1H. The summed E-state index contributed by atoms with van der Waals surface area (Å²) in [6, 6.07) is -0.147. The van der Waals surface area contributed by atoms with Gasteiger partial charge in [0, 0.05) is 32.6 Å². The van der Waals surface area contributed by atoms with Crippen LogP contribution in [0.25, 0.3) is 0 Å². The molecule has 1 aliphatic rings. The molecule has 0 aromatic carbocycles. The Morgan fingerprint density at radius 2 is 2.00 bits per heavy atom. The summed E-state index contributed by atoms with van der Waals surface area (Å²) in [5.41, 5.74) is 6.03. The van der Waals surface area contributed by atoms with Gasteiger partial charge in [0.2, 0.25) is 11.8 Å². The number of carbonyl (C=O) groups excluding carboxylic acids is 2. The van der Waals surface area contributed by atoms with Crippen molar-refractivity contribution in [1.82, 2.24) is 9.80 Å². The largest absolute Gasteiger partial charge is 0.344 e. The van der Waals surface area contributed by atoms with Crippen LogP contribution in [0.2, 0.25) is 0 Å². The van der Waals surface area contributed by atoms with E-state index in [1.165, 1.54) is 0 Å². The van der Waals surface area contributed by atoms with Crippen LogP contribution in [0.15, 0.2) is 0 Å². The Morgan fingerprint density at radius 3 is 2.55 bits per heavy atom. The van der Waals surface area contributed by atoms with Crippen molar-refractivity contribution in [3.8, 4) is 0 Å². The molecule has 1 aliphatic heterocycles. The number of rotatable bonds is 7. The first-order chi connectivity index (χ1) is 9.88. The van der Waals surface area contributed by atoms with E-state index >= 15 is 0 Å². The van der Waals surface area contributed by atoms with Crippen LogP contribution in [0.4, 0.5) is 0 Å². The molecule has 0 aromatic rings. The Morgan fingerprint density at radius 1 is 1.36 bits per heavy atom. The zero-order valence-electron chi connectivity index (χ0n) is 14.4. The number of carbonyl (C=O) groups is 2. The molecule has 2 amide bonds. The third-order valence-corrected chi connectivity index (χ3v) is 4.35. The zero-order chi connectivity index (χ0) is 16.0. The molecule has 5 nitrogen and oxygen atoms in total. The van der Waals surface area contributed by atoms with Gasteiger partial charge in [-0.1, -0.05) is 20.8 Å². The van der Waals surface area contributed by atoms with Crippen molar-refractivity contribution in [3.05, 3.63) is 0 Å². The maximum atomic E-state index is 12.5. The summed E-state index contributed by atoms with van der Waals surface area (Å²) >= 11 is 0. The van der Waals surface area contributed by atoms with E-state index in [2.05, 4.69) is 13.8 Å². The van der Waals surface area contributed by atoms with Crippen LogP contribution in [-0.4, -0.2) is 53.8 Å². The summed E-state index contributed by atoms with van der Waals surface area (Å²) in [5, 5.41) is 0. The maximum Gasteiger partial charge on any atom is 0.245 e. The van der Waals surface area contributed by atoms with E-state index in [1.807, 2.05) is 14.0 Å². The summed E-state index contributed by atoms with van der Waals surface area (Å²) in [7, 11) is 1.82. The molecule has 130 valence electrons. The van der Waals surface area contributed by atoms with Gasteiger partial charge >= 0.3 is 0 Å². The van der Waals surface area contributed by atoms with Gasteiger partial charge in [-0.05, 0) is 31.6 Å². The van der Waals surface area contributed by atoms with Gasteiger partial charge in [0.05, 0.1) is 0 Å². The molecule has 1 saturated heterocycles. The second kappa shape index (κ2) is 10.1. The number of amides is 2. The molecule has 2 atom stereocenters. The van der Waals surface area contributed by atoms with Crippen LogP contribution in [0.1, 0.15) is 52.9 Å². The van der Waals surface area contributed by atoms with E-state index in [9.17, 15) is 9.59 Å². The summed E-state index contributed by atoms with van der Waals surface area (Å²) in [4.78, 5) is 28.1. The topological polar surface area (TPSA) is 66.6 Å². The highest BCUT2D eigenvalue weighted by molar-refractivity contribution is 5.88. The molecule has 0 bridgehead atoms. The fourth-order valence-corrected chi connectivity index (χ4v) is 2.72. The molecule has 1 heterocycles. The third-order valence-electron chi connectivity index (χ3n) is 4.35. The SMILES string of the molecule is CCCC(=O)N1CCCC1C(=O)N(C)CCC(N)C(C)C.Cl. The van der Waals surface area contributed by atoms with Crippen LogP contribution in [0.5, 0.6) is 0 Å². The van der Waals surface area contributed by atoms with E-state index in [-0.39, 0.29) is 36.3 Å². The number of nitrogens with zero attached hydrogens (tertiary/aromatic N) is 2. The van der Waals surface area contributed by atoms with Crippen LogP contribution < -0.4 is 5.73 Å². The van der Waals surface area contributed by atoms with Crippen molar-refractivity contribution < 1.29 is 9.59 Å². The lowest BCUT2D eigenvalue weighted by Crippen LogP contribution is -2.47. The highest BCUT2D eigenvalue weighted by Crippen LogP contribution is 2.20. The van der Waals surface area contributed by atoms with Crippen LogP contribution >= 0.6 is 12.4 Å². The number of hydrogen-bond acceptors (Lipinski definition) is 3. The van der Waals surface area contributed by atoms with Crippen molar-refractivity contribution in [2.24, 2.45) is 11.7 Å². The normalized spacial score (nSPS) is 19.0. The van der Waals surface area contributed by atoms with Crippen LogP contribution in [0, 0.1) is 5.92 Å². The van der Waals surface area contributed by atoms with Crippen molar-refractivity contribution in [2.45, 2.75) is 65.0 Å². The van der Waals surface area contributed by atoms with Gasteiger partial charge in [-0.3, -0.25) is 9.59 Å². The Kier molecular flexibility index (Phi) is 9.69. The zero-order valence-corrected chi connectivity index (χ0v) is 15.2. The lowest BCUT2D eigenvalue weighted by molar-refractivity contribution is -0.143. The minimum atomic E-state index is -0.260. The molecule has 0 aliphatic carbocycles. The van der Waals surface area contributed by atoms with E-state index < -0.39 is 0 Å². The summed E-state index contributed by atoms with van der Waals surface area (Å²) in [5.74, 6) is 0.594. The van der Waals surface area contributed by atoms with Crippen LogP contribution in [0.3, 0.4) is 0 Å². The van der Waals surface area contributed by atoms with Crippen molar-refractivity contribution in [1.29, 1.82) is 0 Å². The Hall–Kier alpha value is -0.810. The minimum absolute atomic E-state index is 0. The lowest BCUT2D eigenvalue weighted by Gasteiger charge is -2.29. The molecule has 0 spiro atoms. The first-order valence-corrected chi connectivity index (χ1v) is 8.18. The van der Waals surface area contributed by atoms with Gasteiger partial charge in [0.15, 0.2) is 0 Å². The van der Waals surface area contributed by atoms with E-state index in [4.69, 9.17) is 5.73 Å². The fourth-order valence-electron chi connectivity index (χ4n) is 2.72. The molecule has 2 unspecified atom stereocenters. The number of hydrogen-bond donors (Lipinski definition) is 1. The average Bonchev–Trinajstić information content (AvgIpc) is 2.92. The quantitative estimate of drug-likeness (QED) is 0.775. The molecule has 2 N–H and O–H groups in total. The molecule has 22 heavy (non-hydrogen) atoms. The monoisotopic (exact) mass is 333 g/mol. The Bertz CT molecular complexity index is 363. The second-order valence-corrected chi connectivity index (χ2v) is 6.45. The summed E-state index contributed by atoms with van der Waals surface area (Å²) in [6.07, 6.45) is 3.87. The predicted molar refractivity (Wildman–Crippen MR) is 92.0 cm³/mol. The van der Waals surface area contributed by atoms with Gasteiger partial charge in [0.25, 0.3) is 0 Å². The van der Waals surface area contributed by atoms with Crippen molar-refractivity contribution >= 4 is 24.2 Å². The molecule has 1 fully saturated rings. The van der Waals surface area contributed by atoms with Gasteiger partial charge in [-0.25, -0.2) is 0 Å². The van der Waals surface area contributed by atoms with E-state index in [0.29, 0.717) is 25.4 Å². The molecule has 0 aromatic heterocycles. The van der Waals surface area contributed by atoms with Gasteiger partial charge in [0.1, 0.15) is 6.04 Å². The van der Waals surface area contributed by atoms with Gasteiger partial charge in [-0.15, -0.1) is 12.4 Å². The van der Waals surface area contributed by atoms with Crippen molar-refractivity contribution in [2.75, 3.05) is 20.1 Å². The minimum Gasteiger partial charge on any atom is -0.344 e. The van der Waals surface area contributed by atoms with Gasteiger partial charge < -0.3 is 15.5 Å². The lowest BCUT2D eigenvalue weighted by atomic mass is 10.0. The molecular weight excluding hydrogens is 302 g/mol. The Balaban J connectivity index is 0.00000441.